The number of cyclic esters (lactones) is 1. The highest BCUT2D eigenvalue weighted by molar-refractivity contribution is 9.10. The van der Waals surface area contributed by atoms with Gasteiger partial charge in [-0.15, -0.1) is 0 Å². The third-order valence-corrected chi connectivity index (χ3v) is 3.88. The van der Waals surface area contributed by atoms with E-state index in [1.807, 2.05) is 24.3 Å². The van der Waals surface area contributed by atoms with Gasteiger partial charge in [-0.1, -0.05) is 39.7 Å². The smallest absolute Gasteiger partial charge is 0.363 e. The number of non-ortho nitro benzene ring substituents is 1. The first-order valence-electron chi connectivity index (χ1n) is 6.66. The molecular formula is C16H8BrClN2O4. The van der Waals surface area contributed by atoms with Crippen molar-refractivity contribution in [2.45, 2.75) is 0 Å². The Balaban J connectivity index is 1.97. The first kappa shape index (κ1) is 16.4. The van der Waals surface area contributed by atoms with Crippen molar-refractivity contribution in [1.82, 2.24) is 0 Å². The molecule has 0 N–H and O–H groups in total. The van der Waals surface area contributed by atoms with Crippen LogP contribution >= 0.6 is 27.5 Å². The number of benzene rings is 2. The van der Waals surface area contributed by atoms with E-state index in [9.17, 15) is 14.9 Å². The monoisotopic (exact) mass is 406 g/mol. The second-order valence-electron chi connectivity index (χ2n) is 4.84. The Kier molecular flexibility index (Phi) is 4.46. The number of halogens is 2. The first-order valence-corrected chi connectivity index (χ1v) is 7.83. The maximum Gasteiger partial charge on any atom is 0.363 e. The van der Waals surface area contributed by atoms with Gasteiger partial charge in [0.2, 0.25) is 5.90 Å². The van der Waals surface area contributed by atoms with E-state index in [1.54, 1.807) is 6.08 Å². The number of nitro groups is 1. The van der Waals surface area contributed by atoms with Crippen LogP contribution < -0.4 is 0 Å². The summed E-state index contributed by atoms with van der Waals surface area (Å²) in [5.74, 6) is -0.649. The summed E-state index contributed by atoms with van der Waals surface area (Å²) < 4.78 is 6.01. The lowest BCUT2D eigenvalue weighted by Crippen LogP contribution is -2.06. The number of esters is 1. The van der Waals surface area contributed by atoms with Gasteiger partial charge in [0.15, 0.2) is 5.70 Å². The third kappa shape index (κ3) is 3.52. The molecule has 0 aliphatic carbocycles. The Morgan fingerprint density at radius 2 is 1.92 bits per heavy atom. The molecule has 0 saturated carbocycles. The molecule has 2 aromatic carbocycles. The molecule has 0 atom stereocenters. The number of carbonyl (C=O) groups excluding carboxylic acids is 1. The summed E-state index contributed by atoms with van der Waals surface area (Å²) in [7, 11) is 0. The van der Waals surface area contributed by atoms with E-state index >= 15 is 0 Å². The Hall–Kier alpha value is -2.51. The molecule has 3 rings (SSSR count). The number of nitro benzene ring substituents is 1. The van der Waals surface area contributed by atoms with Gasteiger partial charge in [-0.3, -0.25) is 10.1 Å². The molecule has 120 valence electrons. The predicted molar refractivity (Wildman–Crippen MR) is 92.9 cm³/mol. The molecule has 1 aliphatic heterocycles. The van der Waals surface area contributed by atoms with Gasteiger partial charge in [0.25, 0.3) is 5.69 Å². The number of ether oxygens (including phenoxy) is 1. The minimum absolute atomic E-state index is 0.0195. The van der Waals surface area contributed by atoms with Crippen molar-refractivity contribution in [2.75, 3.05) is 0 Å². The molecular weight excluding hydrogens is 400 g/mol. The van der Waals surface area contributed by atoms with E-state index < -0.39 is 10.9 Å². The Bertz CT molecular complexity index is 907. The van der Waals surface area contributed by atoms with Gasteiger partial charge in [-0.2, -0.15) is 0 Å². The summed E-state index contributed by atoms with van der Waals surface area (Å²) in [6, 6.07) is 11.2. The van der Waals surface area contributed by atoms with Crippen molar-refractivity contribution < 1.29 is 14.5 Å². The van der Waals surface area contributed by atoms with Crippen LogP contribution in [0, 0.1) is 10.1 Å². The van der Waals surface area contributed by atoms with Crippen molar-refractivity contribution in [2.24, 2.45) is 4.99 Å². The van der Waals surface area contributed by atoms with Gasteiger partial charge in [-0.25, -0.2) is 9.79 Å². The fourth-order valence-corrected chi connectivity index (χ4v) is 2.55. The molecule has 0 aromatic heterocycles. The molecule has 0 spiro atoms. The van der Waals surface area contributed by atoms with Crippen molar-refractivity contribution in [3.63, 3.8) is 0 Å². The first-order chi connectivity index (χ1) is 11.4. The second-order valence-corrected chi connectivity index (χ2v) is 6.19. The van der Waals surface area contributed by atoms with Gasteiger partial charge in [-0.05, 0) is 29.8 Å². The molecule has 1 aliphatic rings. The summed E-state index contributed by atoms with van der Waals surface area (Å²) in [5, 5.41) is 11.1. The number of rotatable bonds is 3. The van der Waals surface area contributed by atoms with Gasteiger partial charge in [0.1, 0.15) is 0 Å². The van der Waals surface area contributed by atoms with Crippen LogP contribution in [0.25, 0.3) is 6.08 Å². The highest BCUT2D eigenvalue weighted by atomic mass is 79.9. The minimum atomic E-state index is -0.629. The Morgan fingerprint density at radius 3 is 2.58 bits per heavy atom. The molecule has 0 saturated heterocycles. The zero-order valence-corrected chi connectivity index (χ0v) is 14.2. The second kappa shape index (κ2) is 6.54. The van der Waals surface area contributed by atoms with Crippen LogP contribution in [0.4, 0.5) is 5.69 Å². The number of carbonyl (C=O) groups is 1. The Morgan fingerprint density at radius 1 is 1.21 bits per heavy atom. The quantitative estimate of drug-likeness (QED) is 0.328. The largest absolute Gasteiger partial charge is 0.402 e. The number of nitrogens with zero attached hydrogens (tertiary/aromatic N) is 2. The average molecular weight is 408 g/mol. The van der Waals surface area contributed by atoms with Crippen molar-refractivity contribution >= 4 is 51.2 Å². The van der Waals surface area contributed by atoms with Gasteiger partial charge < -0.3 is 4.74 Å². The summed E-state index contributed by atoms with van der Waals surface area (Å²) in [4.78, 5) is 26.4. The van der Waals surface area contributed by atoms with Crippen LogP contribution in [0.15, 0.2) is 57.6 Å². The van der Waals surface area contributed by atoms with E-state index in [-0.39, 0.29) is 27.9 Å². The van der Waals surface area contributed by atoms with Crippen LogP contribution in [0.5, 0.6) is 0 Å². The summed E-state index contributed by atoms with van der Waals surface area (Å²) >= 11 is 9.20. The molecule has 0 amide bonds. The standard InChI is InChI=1S/C16H8BrClN2O4/c17-11-3-1-9(2-4-11)5-14-16(21)24-15(19-14)10-6-12(18)8-13(7-10)20(22)23/h1-8H. The van der Waals surface area contributed by atoms with Crippen molar-refractivity contribution in [1.29, 1.82) is 0 Å². The fraction of sp³-hybridized carbons (Fsp3) is 0. The van der Waals surface area contributed by atoms with Gasteiger partial charge in [0.05, 0.1) is 4.92 Å². The highest BCUT2D eigenvalue weighted by Gasteiger charge is 2.25. The predicted octanol–water partition coefficient (Wildman–Crippen LogP) is 4.36. The number of hydrogen-bond acceptors (Lipinski definition) is 5. The van der Waals surface area contributed by atoms with Crippen LogP contribution in [0.2, 0.25) is 5.02 Å². The summed E-state index contributed by atoms with van der Waals surface area (Å²) in [6.07, 6.45) is 1.57. The van der Waals surface area contributed by atoms with Crippen LogP contribution in [-0.4, -0.2) is 16.8 Å². The maximum atomic E-state index is 12.0. The molecule has 0 fully saturated rings. The summed E-state index contributed by atoms with van der Waals surface area (Å²) in [5.41, 5.74) is 0.936. The number of aliphatic imine (C=N–C) groups is 1. The maximum absolute atomic E-state index is 12.0. The lowest BCUT2D eigenvalue weighted by Gasteiger charge is -2.00. The van der Waals surface area contributed by atoms with Crippen LogP contribution in [-0.2, 0) is 9.53 Å². The molecule has 2 aromatic rings. The van der Waals surface area contributed by atoms with Gasteiger partial charge in [0, 0.05) is 27.2 Å². The minimum Gasteiger partial charge on any atom is -0.402 e. The fourth-order valence-electron chi connectivity index (χ4n) is 2.05. The molecule has 0 unspecified atom stereocenters. The van der Waals surface area contributed by atoms with E-state index in [0.29, 0.717) is 0 Å². The third-order valence-electron chi connectivity index (χ3n) is 3.13. The highest BCUT2D eigenvalue weighted by Crippen LogP contribution is 2.25. The van der Waals surface area contributed by atoms with Crippen LogP contribution in [0.3, 0.4) is 0 Å². The van der Waals surface area contributed by atoms with Crippen molar-refractivity contribution in [3.05, 3.63) is 78.9 Å². The molecule has 0 bridgehead atoms. The lowest BCUT2D eigenvalue weighted by atomic mass is 10.2. The van der Waals surface area contributed by atoms with E-state index in [0.717, 1.165) is 10.0 Å². The van der Waals surface area contributed by atoms with Crippen LogP contribution in [0.1, 0.15) is 11.1 Å². The van der Waals surface area contributed by atoms with E-state index in [4.69, 9.17) is 16.3 Å². The lowest BCUT2D eigenvalue weighted by molar-refractivity contribution is -0.384. The molecule has 8 heteroatoms. The summed E-state index contributed by atoms with van der Waals surface area (Å²) in [6.45, 7) is 0. The molecule has 1 heterocycles. The molecule has 0 radical (unpaired) electrons. The normalized spacial score (nSPS) is 15.3. The SMILES string of the molecule is O=C1OC(c2cc(Cl)cc([N+](=O)[O-])c2)=NC1=Cc1ccc(Br)cc1. The van der Waals surface area contributed by atoms with E-state index in [2.05, 4.69) is 20.9 Å². The zero-order chi connectivity index (χ0) is 17.3. The Labute approximate surface area is 149 Å². The van der Waals surface area contributed by atoms with Crippen molar-refractivity contribution in [3.8, 4) is 0 Å². The molecule has 6 nitrogen and oxygen atoms in total. The zero-order valence-electron chi connectivity index (χ0n) is 11.9. The average Bonchev–Trinajstić information content (AvgIpc) is 2.90. The molecule has 24 heavy (non-hydrogen) atoms. The van der Waals surface area contributed by atoms with E-state index in [1.165, 1.54) is 18.2 Å². The number of hydrogen-bond donors (Lipinski definition) is 0. The topological polar surface area (TPSA) is 81.8 Å². The van der Waals surface area contributed by atoms with Gasteiger partial charge >= 0.3 is 5.97 Å².